The summed E-state index contributed by atoms with van der Waals surface area (Å²) < 4.78 is 77.1. The van der Waals surface area contributed by atoms with Crippen molar-refractivity contribution in [3.8, 4) is 0 Å². The summed E-state index contributed by atoms with van der Waals surface area (Å²) in [4.78, 5) is 34.8. The second-order valence-electron chi connectivity index (χ2n) is 9.17. The number of carboxylic acid groups (broad SMARTS) is 2. The fourth-order valence-electron chi connectivity index (χ4n) is 4.23. The Kier molecular flexibility index (Phi) is 8.70. The average Bonchev–Trinajstić information content (AvgIpc) is 3.35. The molecule has 3 aromatic rings. The number of hydrogen-bond donors (Lipinski definition) is 3. The zero-order valence-corrected chi connectivity index (χ0v) is 21.1. The lowest BCUT2D eigenvalue weighted by Crippen LogP contribution is -2.27. The van der Waals surface area contributed by atoms with Gasteiger partial charge in [-0.25, -0.2) is 9.59 Å². The number of fused-ring (bicyclic) bond motifs is 1. The molecule has 0 bridgehead atoms. The van der Waals surface area contributed by atoms with Crippen LogP contribution in [0.25, 0.3) is 11.0 Å². The number of nitrogens with one attached hydrogen (secondary N) is 1. The van der Waals surface area contributed by atoms with Gasteiger partial charge in [-0.15, -0.1) is 0 Å². The Hall–Kier alpha value is -4.23. The Morgan fingerprint density at radius 2 is 1.70 bits per heavy atom. The summed E-state index contributed by atoms with van der Waals surface area (Å²) in [6.07, 6.45) is -9.44. The second kappa shape index (κ2) is 11.5. The van der Waals surface area contributed by atoms with Crippen molar-refractivity contribution in [2.45, 2.75) is 38.7 Å². The first-order valence-corrected chi connectivity index (χ1v) is 11.8. The number of hydrogen-bond acceptors (Lipinski definition) is 6. The molecule has 2 aromatic carbocycles. The number of carbonyl (C=O) groups is 2. The molecule has 0 amide bonds. The van der Waals surface area contributed by atoms with E-state index in [4.69, 9.17) is 14.3 Å². The van der Waals surface area contributed by atoms with Gasteiger partial charge in [0.05, 0.1) is 22.9 Å². The number of para-hydroxylation sites is 1. The largest absolute Gasteiger partial charge is 0.490 e. The van der Waals surface area contributed by atoms with Crippen LogP contribution in [-0.4, -0.2) is 47.6 Å². The molecule has 8 nitrogen and oxygen atoms in total. The fourth-order valence-corrected chi connectivity index (χ4v) is 4.23. The minimum Gasteiger partial charge on any atom is -0.478 e. The van der Waals surface area contributed by atoms with Crippen LogP contribution in [0.15, 0.2) is 51.7 Å². The van der Waals surface area contributed by atoms with E-state index >= 15 is 0 Å². The summed E-state index contributed by atoms with van der Waals surface area (Å²) in [5.74, 6) is -5.21. The number of aryl methyl sites for hydroxylation is 1. The highest BCUT2D eigenvalue weighted by Gasteiger charge is 2.44. The van der Waals surface area contributed by atoms with E-state index < -0.39 is 36.3 Å². The highest BCUT2D eigenvalue weighted by atomic mass is 19.4. The predicted octanol–water partition coefficient (Wildman–Crippen LogP) is 5.99. The van der Waals surface area contributed by atoms with Gasteiger partial charge in [0.2, 0.25) is 0 Å². The van der Waals surface area contributed by atoms with Crippen molar-refractivity contribution >= 4 is 34.5 Å². The summed E-state index contributed by atoms with van der Waals surface area (Å²) in [7, 11) is 0. The zero-order chi connectivity index (χ0) is 30.0. The number of nitrogens with zero attached hydrogens (tertiary/aromatic N) is 1. The molecular weight excluding hydrogens is 550 g/mol. The third-order valence-corrected chi connectivity index (χ3v) is 6.19. The number of rotatable bonds is 5. The number of alkyl halides is 6. The maximum atomic E-state index is 13.1. The van der Waals surface area contributed by atoms with Crippen LogP contribution in [0, 0.1) is 12.8 Å². The van der Waals surface area contributed by atoms with E-state index in [0.29, 0.717) is 16.6 Å². The Morgan fingerprint density at radius 1 is 1.07 bits per heavy atom. The minimum atomic E-state index is -5.08. The summed E-state index contributed by atoms with van der Waals surface area (Å²) >= 11 is 0. The first-order valence-electron chi connectivity index (χ1n) is 11.8. The third kappa shape index (κ3) is 7.04. The van der Waals surface area contributed by atoms with Gasteiger partial charge in [-0.3, -0.25) is 4.79 Å². The van der Waals surface area contributed by atoms with Crippen molar-refractivity contribution < 1.29 is 50.6 Å². The molecule has 2 heterocycles. The normalized spacial score (nSPS) is 16.3. The zero-order valence-electron chi connectivity index (χ0n) is 21.1. The van der Waals surface area contributed by atoms with Crippen LogP contribution in [0.3, 0.4) is 0 Å². The summed E-state index contributed by atoms with van der Waals surface area (Å²) in [5.41, 5.74) is 1.83. The van der Waals surface area contributed by atoms with Crippen LogP contribution in [-0.2, 0) is 4.79 Å². The Morgan fingerprint density at radius 3 is 2.25 bits per heavy atom. The van der Waals surface area contributed by atoms with Crippen molar-refractivity contribution in [2.75, 3.05) is 23.3 Å². The van der Waals surface area contributed by atoms with Crippen LogP contribution >= 0.6 is 0 Å². The third-order valence-electron chi connectivity index (χ3n) is 6.19. The van der Waals surface area contributed by atoms with Gasteiger partial charge < -0.3 is 24.8 Å². The lowest BCUT2D eigenvalue weighted by molar-refractivity contribution is -0.192. The maximum Gasteiger partial charge on any atom is 0.490 e. The summed E-state index contributed by atoms with van der Waals surface area (Å²) in [6.45, 7) is 3.50. The quantitative estimate of drug-likeness (QED) is 0.318. The second-order valence-corrected chi connectivity index (χ2v) is 9.17. The fraction of sp³-hybridized carbons (Fsp3) is 0.346. The van der Waals surface area contributed by atoms with Crippen molar-refractivity contribution in [2.24, 2.45) is 5.92 Å². The van der Waals surface area contributed by atoms with Crippen molar-refractivity contribution in [3.05, 3.63) is 69.4 Å². The van der Waals surface area contributed by atoms with Gasteiger partial charge in [0.1, 0.15) is 5.58 Å². The molecule has 1 aliphatic heterocycles. The van der Waals surface area contributed by atoms with E-state index in [2.05, 4.69) is 5.32 Å². The van der Waals surface area contributed by atoms with E-state index in [1.807, 2.05) is 13.0 Å². The smallest absolute Gasteiger partial charge is 0.478 e. The molecule has 0 aliphatic carbocycles. The molecule has 0 radical (unpaired) electrons. The molecule has 1 fully saturated rings. The highest BCUT2D eigenvalue weighted by molar-refractivity contribution is 5.94. The number of halogens is 6. The number of aliphatic carboxylic acids is 1. The Labute approximate surface area is 222 Å². The molecule has 1 aromatic heterocycles. The molecule has 0 spiro atoms. The first kappa shape index (κ1) is 30.3. The van der Waals surface area contributed by atoms with Gasteiger partial charge in [-0.2, -0.15) is 26.3 Å². The van der Waals surface area contributed by atoms with Gasteiger partial charge in [-0.1, -0.05) is 18.2 Å². The molecule has 14 heteroatoms. The van der Waals surface area contributed by atoms with E-state index in [0.717, 1.165) is 5.56 Å². The molecule has 2 atom stereocenters. The van der Waals surface area contributed by atoms with E-state index in [9.17, 15) is 41.0 Å². The predicted molar refractivity (Wildman–Crippen MR) is 133 cm³/mol. The summed E-state index contributed by atoms with van der Waals surface area (Å²) in [6, 6.07) is 10.7. The molecule has 1 aliphatic rings. The van der Waals surface area contributed by atoms with E-state index in [1.54, 1.807) is 31.2 Å². The number of aromatic carboxylic acids is 1. The van der Waals surface area contributed by atoms with E-state index in [-0.39, 0.29) is 42.0 Å². The minimum absolute atomic E-state index is 0.0596. The standard InChI is InChI=1S/C24H23F3N2O4.C2HF3O2/c1-13-9-17(14(2)28-19-6-4-3-5-16(19)23(31)32)22-18(10-13)20(30)11-21(33-22)29-8-7-15(12-29)24(25,26)27;3-2(4,5)1(6)7/h3-6,9-11,14-15,28H,7-8,12H2,1-2H3,(H,31,32);(H,6,7)/t14?,15-;/m1./s1. The first-order chi connectivity index (χ1) is 18.5. The van der Waals surface area contributed by atoms with Crippen LogP contribution in [0.1, 0.15) is 40.9 Å². The molecule has 1 unspecified atom stereocenters. The molecule has 3 N–H and O–H groups in total. The molecular formula is C26H24F6N2O6. The van der Waals surface area contributed by atoms with Gasteiger partial charge in [-0.05, 0) is 44.0 Å². The summed E-state index contributed by atoms with van der Waals surface area (Å²) in [5, 5.41) is 20.1. The molecule has 216 valence electrons. The number of benzene rings is 2. The maximum absolute atomic E-state index is 13.1. The van der Waals surface area contributed by atoms with Gasteiger partial charge in [0.15, 0.2) is 11.3 Å². The van der Waals surface area contributed by atoms with Gasteiger partial charge in [0, 0.05) is 30.4 Å². The van der Waals surface area contributed by atoms with Crippen LogP contribution < -0.4 is 15.6 Å². The van der Waals surface area contributed by atoms with Gasteiger partial charge >= 0.3 is 24.3 Å². The van der Waals surface area contributed by atoms with E-state index in [1.165, 1.54) is 17.0 Å². The molecule has 1 saturated heterocycles. The van der Waals surface area contributed by atoms with Crippen LogP contribution in [0.4, 0.5) is 37.9 Å². The highest BCUT2D eigenvalue weighted by Crippen LogP contribution is 2.37. The van der Waals surface area contributed by atoms with Crippen molar-refractivity contribution in [1.82, 2.24) is 0 Å². The van der Waals surface area contributed by atoms with Crippen molar-refractivity contribution in [3.63, 3.8) is 0 Å². The lowest BCUT2D eigenvalue weighted by Gasteiger charge is -2.21. The number of carboxylic acids is 2. The van der Waals surface area contributed by atoms with Gasteiger partial charge in [0.25, 0.3) is 0 Å². The lowest BCUT2D eigenvalue weighted by atomic mass is 10.0. The SMILES string of the molecule is Cc1cc(C(C)Nc2ccccc2C(=O)O)c2oc(N3CC[C@@H](C(F)(F)F)C3)cc(=O)c2c1.O=C(O)C(F)(F)F. The number of anilines is 2. The van der Waals surface area contributed by atoms with Crippen LogP contribution in [0.2, 0.25) is 0 Å². The molecule has 0 saturated carbocycles. The van der Waals surface area contributed by atoms with Crippen molar-refractivity contribution in [1.29, 1.82) is 0 Å². The Balaban J connectivity index is 0.000000559. The monoisotopic (exact) mass is 574 g/mol. The molecule has 4 rings (SSSR count). The average molecular weight is 574 g/mol. The molecule has 40 heavy (non-hydrogen) atoms. The topological polar surface area (TPSA) is 120 Å². The Bertz CT molecular complexity index is 1470. The van der Waals surface area contributed by atoms with Crippen LogP contribution in [0.5, 0.6) is 0 Å².